The van der Waals surface area contributed by atoms with E-state index in [0.717, 1.165) is 17.7 Å². The summed E-state index contributed by atoms with van der Waals surface area (Å²) in [5.41, 5.74) is 1.15. The standard InChI is InChI=1S/C16H21NO4/c1-10(8-15(18)21-3)17-16(19)14-9-13(14)11-4-6-12(20-2)7-5-11/h4-7,10,13-14H,8-9H2,1-3H3,(H,17,19)/t10-,13+,14-/m0/s1. The Morgan fingerprint density at radius 1 is 1.29 bits per heavy atom. The second-order valence-electron chi connectivity index (χ2n) is 5.41. The molecule has 1 aliphatic rings. The fourth-order valence-corrected chi connectivity index (χ4v) is 2.44. The van der Waals surface area contributed by atoms with E-state index in [-0.39, 0.29) is 36.2 Å². The van der Waals surface area contributed by atoms with E-state index in [4.69, 9.17) is 4.74 Å². The number of carbonyl (C=O) groups excluding carboxylic acids is 2. The van der Waals surface area contributed by atoms with Gasteiger partial charge in [-0.25, -0.2) is 0 Å². The quantitative estimate of drug-likeness (QED) is 0.813. The molecule has 0 bridgehead atoms. The van der Waals surface area contributed by atoms with Crippen molar-refractivity contribution >= 4 is 11.9 Å². The molecule has 1 saturated carbocycles. The van der Waals surface area contributed by atoms with E-state index < -0.39 is 0 Å². The molecule has 0 heterocycles. The van der Waals surface area contributed by atoms with E-state index in [9.17, 15) is 9.59 Å². The number of methoxy groups -OCH3 is 2. The van der Waals surface area contributed by atoms with E-state index >= 15 is 0 Å². The van der Waals surface area contributed by atoms with E-state index in [0.29, 0.717) is 0 Å². The van der Waals surface area contributed by atoms with Crippen LogP contribution in [0, 0.1) is 5.92 Å². The summed E-state index contributed by atoms with van der Waals surface area (Å²) < 4.78 is 9.71. The molecular formula is C16H21NO4. The number of carbonyl (C=O) groups is 2. The molecule has 0 spiro atoms. The summed E-state index contributed by atoms with van der Waals surface area (Å²) >= 11 is 0. The molecule has 1 aliphatic carbocycles. The molecule has 0 unspecified atom stereocenters. The van der Waals surface area contributed by atoms with Crippen molar-refractivity contribution in [3.8, 4) is 5.75 Å². The van der Waals surface area contributed by atoms with Gasteiger partial charge in [-0.2, -0.15) is 0 Å². The van der Waals surface area contributed by atoms with E-state index in [1.807, 2.05) is 24.3 Å². The topological polar surface area (TPSA) is 64.6 Å². The lowest BCUT2D eigenvalue weighted by atomic mass is 10.1. The monoisotopic (exact) mass is 291 g/mol. The number of nitrogens with one attached hydrogen (secondary N) is 1. The molecule has 114 valence electrons. The van der Waals surface area contributed by atoms with Crippen molar-refractivity contribution in [2.45, 2.75) is 31.7 Å². The normalized spacial score (nSPS) is 21.3. The van der Waals surface area contributed by atoms with Crippen molar-refractivity contribution in [1.29, 1.82) is 0 Å². The van der Waals surface area contributed by atoms with E-state index in [2.05, 4.69) is 10.1 Å². The van der Waals surface area contributed by atoms with Gasteiger partial charge in [0.1, 0.15) is 5.75 Å². The Morgan fingerprint density at radius 3 is 2.52 bits per heavy atom. The summed E-state index contributed by atoms with van der Waals surface area (Å²) in [7, 11) is 2.97. The fraction of sp³-hybridized carbons (Fsp3) is 0.500. The van der Waals surface area contributed by atoms with Crippen molar-refractivity contribution in [1.82, 2.24) is 5.32 Å². The Bertz CT molecular complexity index is 512. The minimum Gasteiger partial charge on any atom is -0.497 e. The summed E-state index contributed by atoms with van der Waals surface area (Å²) in [6.07, 6.45) is 1.05. The maximum Gasteiger partial charge on any atom is 0.307 e. The number of hydrogen-bond acceptors (Lipinski definition) is 4. The molecule has 21 heavy (non-hydrogen) atoms. The Labute approximate surface area is 124 Å². The lowest BCUT2D eigenvalue weighted by Gasteiger charge is -2.12. The van der Waals surface area contributed by atoms with Crippen molar-refractivity contribution in [2.24, 2.45) is 5.92 Å². The lowest BCUT2D eigenvalue weighted by molar-refractivity contribution is -0.141. The number of esters is 1. The average Bonchev–Trinajstić information content (AvgIpc) is 3.27. The minimum absolute atomic E-state index is 0.00140. The summed E-state index contributed by atoms with van der Waals surface area (Å²) in [4.78, 5) is 23.3. The van der Waals surface area contributed by atoms with Gasteiger partial charge >= 0.3 is 5.97 Å². The largest absolute Gasteiger partial charge is 0.497 e. The zero-order valence-corrected chi connectivity index (χ0v) is 12.6. The highest BCUT2D eigenvalue weighted by Crippen LogP contribution is 2.47. The molecule has 0 aromatic heterocycles. The molecule has 1 amide bonds. The molecule has 3 atom stereocenters. The second kappa shape index (κ2) is 6.61. The first kappa shape index (κ1) is 15.4. The van der Waals surface area contributed by atoms with Gasteiger partial charge in [0.15, 0.2) is 0 Å². The van der Waals surface area contributed by atoms with Gasteiger partial charge in [-0.1, -0.05) is 12.1 Å². The van der Waals surface area contributed by atoms with Crippen LogP contribution in [0.15, 0.2) is 24.3 Å². The van der Waals surface area contributed by atoms with Crippen LogP contribution in [-0.4, -0.2) is 32.1 Å². The van der Waals surface area contributed by atoms with Crippen LogP contribution in [0.3, 0.4) is 0 Å². The number of hydrogen-bond donors (Lipinski definition) is 1. The maximum atomic E-state index is 12.1. The summed E-state index contributed by atoms with van der Waals surface area (Å²) in [5.74, 6) is 0.768. The van der Waals surface area contributed by atoms with Crippen LogP contribution in [0.2, 0.25) is 0 Å². The third-order valence-corrected chi connectivity index (χ3v) is 3.76. The molecule has 0 radical (unpaired) electrons. The Hall–Kier alpha value is -2.04. The van der Waals surface area contributed by atoms with Gasteiger partial charge in [-0.15, -0.1) is 0 Å². The molecule has 1 aromatic carbocycles. The van der Waals surface area contributed by atoms with Gasteiger partial charge < -0.3 is 14.8 Å². The second-order valence-corrected chi connectivity index (χ2v) is 5.41. The predicted octanol–water partition coefficient (Wildman–Crippen LogP) is 1.87. The number of ether oxygens (including phenoxy) is 2. The van der Waals surface area contributed by atoms with Gasteiger partial charge in [0.25, 0.3) is 0 Å². The van der Waals surface area contributed by atoms with Crippen LogP contribution < -0.4 is 10.1 Å². The highest BCUT2D eigenvalue weighted by Gasteiger charge is 2.44. The minimum atomic E-state index is -0.315. The molecule has 5 heteroatoms. The highest BCUT2D eigenvalue weighted by molar-refractivity contribution is 5.83. The van der Waals surface area contributed by atoms with Crippen LogP contribution in [0.5, 0.6) is 5.75 Å². The molecular weight excluding hydrogens is 270 g/mol. The van der Waals surface area contributed by atoms with Crippen molar-refractivity contribution < 1.29 is 19.1 Å². The summed E-state index contributed by atoms with van der Waals surface area (Å²) in [6, 6.07) is 7.59. The van der Waals surface area contributed by atoms with E-state index in [1.165, 1.54) is 7.11 Å². The van der Waals surface area contributed by atoms with Gasteiger partial charge in [0.2, 0.25) is 5.91 Å². The summed E-state index contributed by atoms with van der Waals surface area (Å²) in [5, 5.41) is 2.86. The first-order valence-corrected chi connectivity index (χ1v) is 7.06. The Kier molecular flexibility index (Phi) is 4.83. The Morgan fingerprint density at radius 2 is 1.95 bits per heavy atom. The van der Waals surface area contributed by atoms with Crippen molar-refractivity contribution in [2.75, 3.05) is 14.2 Å². The van der Waals surface area contributed by atoms with Crippen LogP contribution in [0.25, 0.3) is 0 Å². The third kappa shape index (κ3) is 3.97. The molecule has 0 aliphatic heterocycles. The van der Waals surface area contributed by atoms with Gasteiger partial charge in [0.05, 0.1) is 20.6 Å². The molecule has 5 nitrogen and oxygen atoms in total. The third-order valence-electron chi connectivity index (χ3n) is 3.76. The van der Waals surface area contributed by atoms with Crippen molar-refractivity contribution in [3.63, 3.8) is 0 Å². The predicted molar refractivity (Wildman–Crippen MR) is 78.1 cm³/mol. The SMILES string of the molecule is COC(=O)C[C@H](C)NC(=O)[C@H]1C[C@@H]1c1ccc(OC)cc1. The van der Waals surface area contributed by atoms with Crippen LogP contribution in [-0.2, 0) is 14.3 Å². The van der Waals surface area contributed by atoms with Crippen LogP contribution in [0.1, 0.15) is 31.2 Å². The van der Waals surface area contributed by atoms with Gasteiger partial charge in [-0.3, -0.25) is 9.59 Å². The molecule has 1 fully saturated rings. The number of benzene rings is 1. The maximum absolute atomic E-state index is 12.1. The smallest absolute Gasteiger partial charge is 0.307 e. The summed E-state index contributed by atoms with van der Waals surface area (Å²) in [6.45, 7) is 1.81. The van der Waals surface area contributed by atoms with Crippen LogP contribution in [0.4, 0.5) is 0 Å². The molecule has 0 saturated heterocycles. The first-order chi connectivity index (χ1) is 10.0. The fourth-order valence-electron chi connectivity index (χ4n) is 2.44. The lowest BCUT2D eigenvalue weighted by Crippen LogP contribution is -2.35. The first-order valence-electron chi connectivity index (χ1n) is 7.06. The molecule has 2 rings (SSSR count). The van der Waals surface area contributed by atoms with E-state index in [1.54, 1.807) is 14.0 Å². The highest BCUT2D eigenvalue weighted by atomic mass is 16.5. The van der Waals surface area contributed by atoms with Crippen molar-refractivity contribution in [3.05, 3.63) is 29.8 Å². The number of rotatable bonds is 6. The average molecular weight is 291 g/mol. The molecule has 1 aromatic rings. The van der Waals surface area contributed by atoms with Gasteiger partial charge in [0, 0.05) is 12.0 Å². The zero-order valence-electron chi connectivity index (χ0n) is 12.6. The molecule has 1 N–H and O–H groups in total. The van der Waals surface area contributed by atoms with Gasteiger partial charge in [-0.05, 0) is 37.0 Å². The van der Waals surface area contributed by atoms with Crippen LogP contribution >= 0.6 is 0 Å². The number of amides is 1. The zero-order chi connectivity index (χ0) is 15.4. The Balaban J connectivity index is 1.84.